The van der Waals surface area contributed by atoms with Crippen LogP contribution >= 0.6 is 0 Å². The van der Waals surface area contributed by atoms with Crippen LogP contribution in [0.4, 0.5) is 0 Å². The number of carbonyl (C=O) groups excluding carboxylic acids is 1. The Hall–Kier alpha value is -1.32. The molecule has 4 heteroatoms. The fraction of sp³-hybridized carbons (Fsp3) is 0.667. The number of amides is 1. The second-order valence-corrected chi connectivity index (χ2v) is 4.72. The number of carboxylic acid groups (broad SMARTS) is 1. The Labute approximate surface area is 94.9 Å². The summed E-state index contributed by atoms with van der Waals surface area (Å²) in [5.74, 6) is -0.811. The average Bonchev–Trinajstić information content (AvgIpc) is 2.84. The van der Waals surface area contributed by atoms with Crippen molar-refractivity contribution in [3.8, 4) is 0 Å². The second kappa shape index (κ2) is 4.28. The molecule has 1 N–H and O–H groups in total. The third-order valence-electron chi connectivity index (χ3n) is 3.59. The van der Waals surface area contributed by atoms with Crippen LogP contribution in [-0.2, 0) is 9.59 Å². The van der Waals surface area contributed by atoms with Gasteiger partial charge in [-0.3, -0.25) is 4.79 Å². The quantitative estimate of drug-likeness (QED) is 0.717. The van der Waals surface area contributed by atoms with Crippen molar-refractivity contribution in [2.45, 2.75) is 32.2 Å². The molecule has 1 fully saturated rings. The molecule has 1 saturated heterocycles. The van der Waals surface area contributed by atoms with Crippen LogP contribution in [0.2, 0.25) is 0 Å². The Balaban J connectivity index is 2.08. The first-order valence-corrected chi connectivity index (χ1v) is 5.79. The van der Waals surface area contributed by atoms with E-state index in [1.165, 1.54) is 0 Å². The van der Waals surface area contributed by atoms with Crippen molar-refractivity contribution in [1.82, 2.24) is 4.90 Å². The van der Waals surface area contributed by atoms with Crippen LogP contribution in [0.15, 0.2) is 12.2 Å². The van der Waals surface area contributed by atoms with Crippen molar-refractivity contribution in [3.05, 3.63) is 12.2 Å². The Morgan fingerprint density at radius 3 is 2.50 bits per heavy atom. The van der Waals surface area contributed by atoms with Gasteiger partial charge in [0.1, 0.15) is 6.04 Å². The SMILES string of the molecule is CC1CCN(C(=O)C2CC=CC2)C1C(=O)O. The summed E-state index contributed by atoms with van der Waals surface area (Å²) in [5, 5.41) is 9.14. The van der Waals surface area contributed by atoms with Crippen LogP contribution in [-0.4, -0.2) is 34.5 Å². The third-order valence-corrected chi connectivity index (χ3v) is 3.59. The van der Waals surface area contributed by atoms with E-state index in [2.05, 4.69) is 0 Å². The molecule has 0 spiro atoms. The molecular weight excluding hydrogens is 206 g/mol. The number of aliphatic carboxylic acids is 1. The first-order valence-electron chi connectivity index (χ1n) is 5.79. The minimum atomic E-state index is -0.871. The van der Waals surface area contributed by atoms with Crippen LogP contribution in [0.1, 0.15) is 26.2 Å². The number of hydrogen-bond donors (Lipinski definition) is 1. The molecule has 0 aromatic rings. The molecule has 4 nitrogen and oxygen atoms in total. The molecule has 2 atom stereocenters. The Morgan fingerprint density at radius 1 is 1.31 bits per heavy atom. The zero-order valence-electron chi connectivity index (χ0n) is 9.43. The maximum Gasteiger partial charge on any atom is 0.326 e. The standard InChI is InChI=1S/C12H17NO3/c1-8-6-7-13(10(8)12(15)16)11(14)9-4-2-3-5-9/h2-3,8-10H,4-7H2,1H3,(H,15,16). The van der Waals surface area contributed by atoms with E-state index in [0.29, 0.717) is 6.54 Å². The van der Waals surface area contributed by atoms with E-state index in [-0.39, 0.29) is 17.7 Å². The average molecular weight is 223 g/mol. The summed E-state index contributed by atoms with van der Waals surface area (Å²) in [6.07, 6.45) is 6.31. The molecule has 16 heavy (non-hydrogen) atoms. The molecule has 0 bridgehead atoms. The van der Waals surface area contributed by atoms with Gasteiger partial charge in [0.15, 0.2) is 0 Å². The van der Waals surface area contributed by atoms with Gasteiger partial charge in [0.2, 0.25) is 5.91 Å². The zero-order valence-corrected chi connectivity index (χ0v) is 9.43. The number of hydrogen-bond acceptors (Lipinski definition) is 2. The Morgan fingerprint density at radius 2 is 1.94 bits per heavy atom. The van der Waals surface area contributed by atoms with Gasteiger partial charge in [-0.05, 0) is 25.2 Å². The van der Waals surface area contributed by atoms with Crippen LogP contribution in [0, 0.1) is 11.8 Å². The van der Waals surface area contributed by atoms with Crippen molar-refractivity contribution >= 4 is 11.9 Å². The summed E-state index contributed by atoms with van der Waals surface area (Å²) in [5.41, 5.74) is 0. The first kappa shape index (κ1) is 11.2. The molecular formula is C12H17NO3. The van der Waals surface area contributed by atoms with Crippen LogP contribution in [0.5, 0.6) is 0 Å². The number of carbonyl (C=O) groups is 2. The predicted molar refractivity (Wildman–Crippen MR) is 58.8 cm³/mol. The van der Waals surface area contributed by atoms with E-state index >= 15 is 0 Å². The van der Waals surface area contributed by atoms with Crippen LogP contribution in [0.3, 0.4) is 0 Å². The second-order valence-electron chi connectivity index (χ2n) is 4.72. The summed E-state index contributed by atoms with van der Waals surface area (Å²) >= 11 is 0. The lowest BCUT2D eigenvalue weighted by molar-refractivity contribution is -0.150. The van der Waals surface area contributed by atoms with Gasteiger partial charge in [-0.25, -0.2) is 4.79 Å². The summed E-state index contributed by atoms with van der Waals surface area (Å²) < 4.78 is 0. The molecule has 88 valence electrons. The minimum Gasteiger partial charge on any atom is -0.480 e. The van der Waals surface area contributed by atoms with Gasteiger partial charge >= 0.3 is 5.97 Å². The highest BCUT2D eigenvalue weighted by Crippen LogP contribution is 2.29. The van der Waals surface area contributed by atoms with Crippen molar-refractivity contribution in [3.63, 3.8) is 0 Å². The number of carboxylic acids is 1. The molecule has 0 aromatic carbocycles. The van der Waals surface area contributed by atoms with Crippen LogP contribution < -0.4 is 0 Å². The lowest BCUT2D eigenvalue weighted by Crippen LogP contribution is -2.45. The summed E-state index contributed by atoms with van der Waals surface area (Å²) in [7, 11) is 0. The fourth-order valence-electron chi connectivity index (χ4n) is 2.62. The molecule has 0 aromatic heterocycles. The molecule has 2 rings (SSSR count). The fourth-order valence-corrected chi connectivity index (χ4v) is 2.62. The Bertz CT molecular complexity index is 329. The van der Waals surface area contributed by atoms with Gasteiger partial charge in [0, 0.05) is 12.5 Å². The molecule has 2 unspecified atom stereocenters. The van der Waals surface area contributed by atoms with Crippen molar-refractivity contribution in [2.24, 2.45) is 11.8 Å². The summed E-state index contributed by atoms with van der Waals surface area (Å²) in [6, 6.07) is -0.618. The van der Waals surface area contributed by atoms with Gasteiger partial charge in [-0.15, -0.1) is 0 Å². The molecule has 1 aliphatic heterocycles. The molecule has 1 aliphatic carbocycles. The minimum absolute atomic E-state index is 0.0155. The van der Waals surface area contributed by atoms with E-state index in [1.807, 2.05) is 19.1 Å². The number of allylic oxidation sites excluding steroid dienone is 2. The van der Waals surface area contributed by atoms with E-state index < -0.39 is 12.0 Å². The van der Waals surface area contributed by atoms with Gasteiger partial charge in [-0.2, -0.15) is 0 Å². The van der Waals surface area contributed by atoms with Gasteiger partial charge in [-0.1, -0.05) is 19.1 Å². The maximum absolute atomic E-state index is 12.1. The van der Waals surface area contributed by atoms with Crippen molar-refractivity contribution < 1.29 is 14.7 Å². The Kier molecular flexibility index (Phi) is 2.99. The number of nitrogens with zero attached hydrogens (tertiary/aromatic N) is 1. The normalized spacial score (nSPS) is 29.9. The van der Waals surface area contributed by atoms with E-state index in [4.69, 9.17) is 5.11 Å². The highest BCUT2D eigenvalue weighted by molar-refractivity contribution is 5.86. The van der Waals surface area contributed by atoms with Gasteiger partial charge in [0.05, 0.1) is 0 Å². The number of rotatable bonds is 2. The van der Waals surface area contributed by atoms with E-state index in [9.17, 15) is 9.59 Å². The number of likely N-dealkylation sites (tertiary alicyclic amines) is 1. The van der Waals surface area contributed by atoms with Crippen molar-refractivity contribution in [2.75, 3.05) is 6.54 Å². The van der Waals surface area contributed by atoms with Crippen molar-refractivity contribution in [1.29, 1.82) is 0 Å². The topological polar surface area (TPSA) is 57.6 Å². The lowest BCUT2D eigenvalue weighted by Gasteiger charge is -2.26. The van der Waals surface area contributed by atoms with Crippen LogP contribution in [0.25, 0.3) is 0 Å². The largest absolute Gasteiger partial charge is 0.480 e. The molecule has 1 heterocycles. The molecule has 2 aliphatic rings. The van der Waals surface area contributed by atoms with Gasteiger partial charge in [0.25, 0.3) is 0 Å². The highest BCUT2D eigenvalue weighted by atomic mass is 16.4. The smallest absolute Gasteiger partial charge is 0.326 e. The maximum atomic E-state index is 12.1. The lowest BCUT2D eigenvalue weighted by atomic mass is 10.0. The monoisotopic (exact) mass is 223 g/mol. The predicted octanol–water partition coefficient (Wildman–Crippen LogP) is 1.27. The molecule has 1 amide bonds. The summed E-state index contributed by atoms with van der Waals surface area (Å²) in [4.78, 5) is 24.8. The molecule has 0 radical (unpaired) electrons. The third kappa shape index (κ3) is 1.84. The van der Waals surface area contributed by atoms with Gasteiger partial charge < -0.3 is 10.0 Å². The highest BCUT2D eigenvalue weighted by Gasteiger charge is 2.41. The summed E-state index contributed by atoms with van der Waals surface area (Å²) in [6.45, 7) is 2.49. The molecule has 0 saturated carbocycles. The van der Waals surface area contributed by atoms with E-state index in [0.717, 1.165) is 19.3 Å². The first-order chi connectivity index (χ1) is 7.61. The zero-order chi connectivity index (χ0) is 11.7. The van der Waals surface area contributed by atoms with E-state index in [1.54, 1.807) is 4.90 Å².